The van der Waals surface area contributed by atoms with E-state index in [1.807, 2.05) is 6.92 Å². The summed E-state index contributed by atoms with van der Waals surface area (Å²) in [7, 11) is 0. The van der Waals surface area contributed by atoms with E-state index in [0.717, 1.165) is 0 Å². The summed E-state index contributed by atoms with van der Waals surface area (Å²) in [5.41, 5.74) is 0.617. The largest absolute Gasteiger partial charge is 0.481 e. The summed E-state index contributed by atoms with van der Waals surface area (Å²) < 4.78 is 1.53. The van der Waals surface area contributed by atoms with E-state index in [1.54, 1.807) is 18.2 Å². The highest BCUT2D eigenvalue weighted by Gasteiger charge is 2.17. The van der Waals surface area contributed by atoms with Gasteiger partial charge in [0.1, 0.15) is 0 Å². The lowest BCUT2D eigenvalue weighted by Gasteiger charge is -2.11. The zero-order valence-corrected chi connectivity index (χ0v) is 12.1. The second kappa shape index (κ2) is 6.19. The molecule has 0 amide bonds. The van der Waals surface area contributed by atoms with Crippen LogP contribution in [0, 0.1) is 5.92 Å². The molecule has 0 aliphatic rings. The van der Waals surface area contributed by atoms with Crippen molar-refractivity contribution in [2.24, 2.45) is 5.92 Å². The van der Waals surface area contributed by atoms with Gasteiger partial charge in [0.25, 0.3) is 0 Å². The fourth-order valence-electron chi connectivity index (χ4n) is 1.85. The Morgan fingerprint density at radius 3 is 2.90 bits per heavy atom. The minimum atomic E-state index is -0.854. The van der Waals surface area contributed by atoms with Gasteiger partial charge < -0.3 is 5.11 Å². The van der Waals surface area contributed by atoms with Crippen LogP contribution in [0.5, 0.6) is 0 Å². The van der Waals surface area contributed by atoms with Gasteiger partial charge in [-0.25, -0.2) is 4.68 Å². The van der Waals surface area contributed by atoms with Gasteiger partial charge in [-0.2, -0.15) is 0 Å². The Kier molecular flexibility index (Phi) is 4.57. The first kappa shape index (κ1) is 14.7. The highest BCUT2D eigenvalue weighted by molar-refractivity contribution is 6.43. The number of hydrogen-bond acceptors (Lipinski definition) is 4. The number of carboxylic acid groups (broad SMARTS) is 1. The number of tetrazole rings is 1. The number of halogens is 2. The van der Waals surface area contributed by atoms with E-state index < -0.39 is 5.97 Å². The van der Waals surface area contributed by atoms with E-state index in [-0.39, 0.29) is 12.3 Å². The molecule has 106 valence electrons. The van der Waals surface area contributed by atoms with E-state index in [2.05, 4.69) is 15.5 Å². The summed E-state index contributed by atoms with van der Waals surface area (Å²) in [6.07, 6.45) is 0.0442. The van der Waals surface area contributed by atoms with Crippen molar-refractivity contribution in [1.29, 1.82) is 0 Å². The van der Waals surface area contributed by atoms with Crippen molar-refractivity contribution in [2.75, 3.05) is 0 Å². The Bertz CT molecular complexity index is 630. The Morgan fingerprint density at radius 1 is 1.45 bits per heavy atom. The first-order valence-electron chi connectivity index (χ1n) is 5.91. The van der Waals surface area contributed by atoms with Gasteiger partial charge in [0.2, 0.25) is 0 Å². The molecule has 0 saturated heterocycles. The molecule has 6 nitrogen and oxygen atoms in total. The zero-order chi connectivity index (χ0) is 14.7. The quantitative estimate of drug-likeness (QED) is 0.917. The highest BCUT2D eigenvalue weighted by Crippen LogP contribution is 2.32. The number of hydrogen-bond donors (Lipinski definition) is 1. The second-order valence-corrected chi connectivity index (χ2v) is 5.27. The number of aromatic nitrogens is 4. The molecular weight excluding hydrogens is 303 g/mol. The number of nitrogens with zero attached hydrogens (tertiary/aromatic N) is 4. The van der Waals surface area contributed by atoms with Gasteiger partial charge >= 0.3 is 5.97 Å². The maximum Gasteiger partial charge on any atom is 0.303 e. The predicted molar refractivity (Wildman–Crippen MR) is 74.7 cm³/mol. The number of benzene rings is 1. The average Bonchev–Trinajstić information content (AvgIpc) is 2.79. The number of rotatable bonds is 5. The van der Waals surface area contributed by atoms with Crippen LogP contribution in [0.4, 0.5) is 0 Å². The van der Waals surface area contributed by atoms with Gasteiger partial charge in [0.15, 0.2) is 5.82 Å². The van der Waals surface area contributed by atoms with Crippen molar-refractivity contribution in [3.05, 3.63) is 28.2 Å². The summed E-state index contributed by atoms with van der Waals surface area (Å²) in [5.74, 6) is -0.490. The highest BCUT2D eigenvalue weighted by atomic mass is 35.5. The molecule has 0 aliphatic carbocycles. The van der Waals surface area contributed by atoms with Gasteiger partial charge in [0.05, 0.1) is 10.0 Å². The van der Waals surface area contributed by atoms with E-state index in [1.165, 1.54) is 4.68 Å². The van der Waals surface area contributed by atoms with E-state index >= 15 is 0 Å². The molecule has 2 rings (SSSR count). The molecule has 2 aromatic rings. The molecule has 0 spiro atoms. The molecule has 1 aromatic heterocycles. The van der Waals surface area contributed by atoms with Crippen molar-refractivity contribution in [3.8, 4) is 11.4 Å². The monoisotopic (exact) mass is 314 g/mol. The minimum absolute atomic E-state index is 0.0442. The average molecular weight is 315 g/mol. The van der Waals surface area contributed by atoms with Crippen molar-refractivity contribution < 1.29 is 9.90 Å². The number of aliphatic carboxylic acids is 1. The maximum absolute atomic E-state index is 10.7. The van der Waals surface area contributed by atoms with Gasteiger partial charge in [-0.05, 0) is 28.5 Å². The van der Waals surface area contributed by atoms with E-state index in [4.69, 9.17) is 28.3 Å². The molecule has 1 aromatic carbocycles. The van der Waals surface area contributed by atoms with E-state index in [9.17, 15) is 4.79 Å². The molecule has 0 fully saturated rings. The molecule has 8 heteroatoms. The van der Waals surface area contributed by atoms with Gasteiger partial charge in [-0.15, -0.1) is 5.10 Å². The summed E-state index contributed by atoms with van der Waals surface area (Å²) >= 11 is 12.1. The molecule has 20 heavy (non-hydrogen) atoms. The lowest BCUT2D eigenvalue weighted by Crippen LogP contribution is -2.14. The molecule has 0 aliphatic heterocycles. The smallest absolute Gasteiger partial charge is 0.303 e. The van der Waals surface area contributed by atoms with Crippen molar-refractivity contribution in [3.63, 3.8) is 0 Å². The summed E-state index contributed by atoms with van der Waals surface area (Å²) in [6.45, 7) is 2.20. The van der Waals surface area contributed by atoms with Gasteiger partial charge in [0, 0.05) is 18.5 Å². The van der Waals surface area contributed by atoms with Crippen LogP contribution < -0.4 is 0 Å². The van der Waals surface area contributed by atoms with Crippen LogP contribution in [0.2, 0.25) is 10.0 Å². The zero-order valence-electron chi connectivity index (χ0n) is 10.6. The fraction of sp³-hybridized carbons (Fsp3) is 0.333. The molecule has 1 heterocycles. The first-order chi connectivity index (χ1) is 9.49. The summed E-state index contributed by atoms with van der Waals surface area (Å²) in [5, 5.41) is 21.0. The molecule has 0 saturated carbocycles. The lowest BCUT2D eigenvalue weighted by atomic mass is 10.1. The third-order valence-corrected chi connectivity index (χ3v) is 3.55. The molecular formula is C12H12Cl2N4O2. The summed E-state index contributed by atoms with van der Waals surface area (Å²) in [4.78, 5) is 10.7. The van der Waals surface area contributed by atoms with Crippen molar-refractivity contribution >= 4 is 29.2 Å². The normalized spacial score (nSPS) is 12.3. The van der Waals surface area contributed by atoms with Crippen LogP contribution in [-0.2, 0) is 11.3 Å². The molecule has 1 atom stereocenters. The third-order valence-electron chi connectivity index (χ3n) is 2.73. The number of carbonyl (C=O) groups is 1. The van der Waals surface area contributed by atoms with Crippen LogP contribution in [-0.4, -0.2) is 31.3 Å². The Labute approximate surface area is 125 Å². The van der Waals surface area contributed by atoms with Crippen molar-refractivity contribution in [1.82, 2.24) is 20.2 Å². The van der Waals surface area contributed by atoms with Crippen LogP contribution in [0.3, 0.4) is 0 Å². The Balaban J connectivity index is 2.29. The standard InChI is InChI=1S/C12H12Cl2N4O2/c1-7(5-10(19)20)6-18-12(15-16-17-18)8-3-2-4-9(13)11(8)14/h2-4,7H,5-6H2,1H3,(H,19,20). The molecule has 1 unspecified atom stereocenters. The second-order valence-electron chi connectivity index (χ2n) is 4.49. The minimum Gasteiger partial charge on any atom is -0.481 e. The fourth-order valence-corrected chi connectivity index (χ4v) is 2.24. The summed E-state index contributed by atoms with van der Waals surface area (Å²) in [6, 6.07) is 5.19. The van der Waals surface area contributed by atoms with Gasteiger partial charge in [-0.1, -0.05) is 36.2 Å². The van der Waals surface area contributed by atoms with Gasteiger partial charge in [-0.3, -0.25) is 4.79 Å². The molecule has 0 bridgehead atoms. The lowest BCUT2D eigenvalue weighted by molar-refractivity contribution is -0.138. The predicted octanol–water partition coefficient (Wildman–Crippen LogP) is 2.76. The SMILES string of the molecule is CC(CC(=O)O)Cn1nnnc1-c1cccc(Cl)c1Cl. The van der Waals surface area contributed by atoms with Crippen LogP contribution in [0.25, 0.3) is 11.4 Å². The van der Waals surface area contributed by atoms with Crippen LogP contribution >= 0.6 is 23.2 Å². The topological polar surface area (TPSA) is 80.9 Å². The Hall–Kier alpha value is -1.66. The molecule has 0 radical (unpaired) electrons. The first-order valence-corrected chi connectivity index (χ1v) is 6.67. The maximum atomic E-state index is 10.7. The Morgan fingerprint density at radius 2 is 2.20 bits per heavy atom. The number of carboxylic acids is 1. The molecule has 1 N–H and O–H groups in total. The van der Waals surface area contributed by atoms with Crippen LogP contribution in [0.1, 0.15) is 13.3 Å². The third kappa shape index (κ3) is 3.26. The van der Waals surface area contributed by atoms with Crippen molar-refractivity contribution in [2.45, 2.75) is 19.9 Å². The van der Waals surface area contributed by atoms with E-state index in [0.29, 0.717) is 28.0 Å². The van der Waals surface area contributed by atoms with Crippen LogP contribution in [0.15, 0.2) is 18.2 Å².